The largest absolute Gasteiger partial charge is 0.476 e. The number of hydrogen-bond acceptors (Lipinski definition) is 4. The standard InChI is InChI=1S/C13H14ClN3O3S/c1-7(2)17-5-8(14)3-10(17)12(18)15-4-11-16-9(6-21-11)13(19)20/h3,5-7H,4H2,1-2H3,(H,15,18)(H,19,20). The highest BCUT2D eigenvalue weighted by Gasteiger charge is 2.16. The summed E-state index contributed by atoms with van der Waals surface area (Å²) in [5, 5.41) is 14.0. The summed E-state index contributed by atoms with van der Waals surface area (Å²) in [7, 11) is 0. The maximum atomic E-state index is 12.2. The van der Waals surface area contributed by atoms with E-state index in [4.69, 9.17) is 16.7 Å². The number of thiazole rings is 1. The molecule has 0 aliphatic carbocycles. The molecule has 0 spiro atoms. The van der Waals surface area contributed by atoms with Crippen LogP contribution in [0.25, 0.3) is 0 Å². The van der Waals surface area contributed by atoms with Gasteiger partial charge < -0.3 is 15.0 Å². The summed E-state index contributed by atoms with van der Waals surface area (Å²) in [4.78, 5) is 26.8. The summed E-state index contributed by atoms with van der Waals surface area (Å²) in [5.74, 6) is -1.35. The van der Waals surface area contributed by atoms with Crippen molar-refractivity contribution in [2.75, 3.05) is 0 Å². The first-order chi connectivity index (χ1) is 9.88. The minimum absolute atomic E-state index is 0.0159. The summed E-state index contributed by atoms with van der Waals surface area (Å²) in [5.41, 5.74) is 0.447. The maximum Gasteiger partial charge on any atom is 0.355 e. The number of nitrogens with one attached hydrogen (secondary N) is 1. The molecule has 8 heteroatoms. The van der Waals surface area contributed by atoms with Gasteiger partial charge in [-0.05, 0) is 19.9 Å². The van der Waals surface area contributed by atoms with Crippen molar-refractivity contribution in [2.24, 2.45) is 0 Å². The summed E-state index contributed by atoms with van der Waals surface area (Å²) in [6.45, 7) is 4.08. The van der Waals surface area contributed by atoms with Gasteiger partial charge in [0, 0.05) is 17.6 Å². The Morgan fingerprint density at radius 1 is 1.52 bits per heavy atom. The highest BCUT2D eigenvalue weighted by Crippen LogP contribution is 2.19. The fourth-order valence-corrected chi connectivity index (χ4v) is 2.71. The zero-order valence-corrected chi connectivity index (χ0v) is 13.0. The molecule has 0 fully saturated rings. The molecule has 0 aliphatic rings. The number of nitrogens with zero attached hydrogens (tertiary/aromatic N) is 2. The topological polar surface area (TPSA) is 84.2 Å². The molecular weight excluding hydrogens is 314 g/mol. The van der Waals surface area contributed by atoms with Crippen LogP contribution in [0.4, 0.5) is 0 Å². The van der Waals surface area contributed by atoms with Gasteiger partial charge in [0.1, 0.15) is 10.7 Å². The van der Waals surface area contributed by atoms with E-state index in [0.29, 0.717) is 15.7 Å². The average molecular weight is 328 g/mol. The van der Waals surface area contributed by atoms with Gasteiger partial charge in [0.2, 0.25) is 0 Å². The Bertz CT molecular complexity index is 678. The van der Waals surface area contributed by atoms with Gasteiger partial charge >= 0.3 is 5.97 Å². The van der Waals surface area contributed by atoms with Crippen LogP contribution in [0.15, 0.2) is 17.6 Å². The molecule has 0 bridgehead atoms. The molecule has 0 saturated heterocycles. The molecule has 0 aromatic carbocycles. The highest BCUT2D eigenvalue weighted by molar-refractivity contribution is 7.09. The van der Waals surface area contributed by atoms with Crippen molar-refractivity contribution in [1.82, 2.24) is 14.9 Å². The molecule has 21 heavy (non-hydrogen) atoms. The second-order valence-electron chi connectivity index (χ2n) is 4.66. The summed E-state index contributed by atoms with van der Waals surface area (Å²) in [6.07, 6.45) is 1.70. The second kappa shape index (κ2) is 6.28. The van der Waals surface area contributed by atoms with E-state index in [1.165, 1.54) is 16.7 Å². The first-order valence-electron chi connectivity index (χ1n) is 6.21. The first kappa shape index (κ1) is 15.5. The van der Waals surface area contributed by atoms with Crippen molar-refractivity contribution in [3.8, 4) is 0 Å². The van der Waals surface area contributed by atoms with Crippen LogP contribution < -0.4 is 5.32 Å². The molecule has 0 aliphatic heterocycles. The van der Waals surface area contributed by atoms with E-state index in [1.54, 1.807) is 16.8 Å². The Morgan fingerprint density at radius 3 is 2.81 bits per heavy atom. The lowest BCUT2D eigenvalue weighted by atomic mass is 10.3. The quantitative estimate of drug-likeness (QED) is 0.884. The molecule has 112 valence electrons. The van der Waals surface area contributed by atoms with Crippen LogP contribution in [0.5, 0.6) is 0 Å². The fourth-order valence-electron chi connectivity index (χ4n) is 1.79. The lowest BCUT2D eigenvalue weighted by Gasteiger charge is -2.12. The molecule has 2 aromatic rings. The van der Waals surface area contributed by atoms with Crippen LogP contribution in [-0.4, -0.2) is 26.5 Å². The molecule has 2 rings (SSSR count). The fraction of sp³-hybridized carbons (Fsp3) is 0.308. The molecule has 0 radical (unpaired) electrons. The van der Waals surface area contributed by atoms with Crippen molar-refractivity contribution in [3.63, 3.8) is 0 Å². The van der Waals surface area contributed by atoms with Gasteiger partial charge in [-0.25, -0.2) is 9.78 Å². The van der Waals surface area contributed by atoms with Crippen LogP contribution in [0.3, 0.4) is 0 Å². The van der Waals surface area contributed by atoms with E-state index in [1.807, 2.05) is 13.8 Å². The molecule has 1 amide bonds. The molecule has 2 aromatic heterocycles. The SMILES string of the molecule is CC(C)n1cc(Cl)cc1C(=O)NCc1nc(C(=O)O)cs1. The Labute approximate surface area is 130 Å². The zero-order valence-electron chi connectivity index (χ0n) is 11.5. The monoisotopic (exact) mass is 327 g/mol. The predicted molar refractivity (Wildman–Crippen MR) is 80.1 cm³/mol. The molecule has 2 N–H and O–H groups in total. The van der Waals surface area contributed by atoms with Gasteiger partial charge in [0.05, 0.1) is 11.6 Å². The number of carboxylic acid groups (broad SMARTS) is 1. The highest BCUT2D eigenvalue weighted by atomic mass is 35.5. The maximum absolute atomic E-state index is 12.2. The van der Waals surface area contributed by atoms with Crippen LogP contribution in [0.1, 0.15) is 45.9 Å². The van der Waals surface area contributed by atoms with E-state index in [9.17, 15) is 9.59 Å². The van der Waals surface area contributed by atoms with E-state index in [2.05, 4.69) is 10.3 Å². The molecule has 0 atom stereocenters. The van der Waals surface area contributed by atoms with Crippen molar-refractivity contribution in [1.29, 1.82) is 0 Å². The molecule has 6 nitrogen and oxygen atoms in total. The van der Waals surface area contributed by atoms with Gasteiger partial charge in [-0.2, -0.15) is 0 Å². The van der Waals surface area contributed by atoms with Crippen molar-refractivity contribution < 1.29 is 14.7 Å². The van der Waals surface area contributed by atoms with Crippen LogP contribution in [-0.2, 0) is 6.54 Å². The van der Waals surface area contributed by atoms with Crippen molar-refractivity contribution in [2.45, 2.75) is 26.4 Å². The third-order valence-electron chi connectivity index (χ3n) is 2.78. The number of rotatable bonds is 5. The third-order valence-corrected chi connectivity index (χ3v) is 3.83. The minimum Gasteiger partial charge on any atom is -0.476 e. The van der Waals surface area contributed by atoms with Gasteiger partial charge in [-0.1, -0.05) is 11.6 Å². The lowest BCUT2D eigenvalue weighted by Crippen LogP contribution is -2.25. The summed E-state index contributed by atoms with van der Waals surface area (Å²) >= 11 is 7.12. The second-order valence-corrected chi connectivity index (χ2v) is 6.04. The third kappa shape index (κ3) is 3.62. The number of carbonyl (C=O) groups is 2. The first-order valence-corrected chi connectivity index (χ1v) is 7.47. The number of hydrogen-bond donors (Lipinski definition) is 2. The lowest BCUT2D eigenvalue weighted by molar-refractivity contribution is 0.0691. The Kier molecular flexibility index (Phi) is 4.64. The zero-order chi connectivity index (χ0) is 15.6. The summed E-state index contributed by atoms with van der Waals surface area (Å²) in [6, 6.07) is 1.71. The predicted octanol–water partition coefficient (Wildman–Crippen LogP) is 2.81. The van der Waals surface area contributed by atoms with Crippen molar-refractivity contribution >= 4 is 34.8 Å². The number of amides is 1. The molecule has 0 unspecified atom stereocenters. The van der Waals surface area contributed by atoms with E-state index >= 15 is 0 Å². The number of carboxylic acids is 1. The van der Waals surface area contributed by atoms with Crippen LogP contribution in [0.2, 0.25) is 5.02 Å². The Hall–Kier alpha value is -1.86. The van der Waals surface area contributed by atoms with Gasteiger partial charge in [-0.15, -0.1) is 11.3 Å². The van der Waals surface area contributed by atoms with Crippen LogP contribution in [0, 0.1) is 0 Å². The Morgan fingerprint density at radius 2 is 2.24 bits per heavy atom. The number of aromatic carboxylic acids is 1. The number of aromatic nitrogens is 2. The summed E-state index contributed by atoms with van der Waals surface area (Å²) < 4.78 is 1.78. The van der Waals surface area contributed by atoms with Gasteiger partial charge in [0.15, 0.2) is 5.69 Å². The smallest absolute Gasteiger partial charge is 0.355 e. The number of halogens is 1. The Balaban J connectivity index is 2.06. The van der Waals surface area contributed by atoms with E-state index < -0.39 is 5.97 Å². The van der Waals surface area contributed by atoms with Crippen LogP contribution >= 0.6 is 22.9 Å². The minimum atomic E-state index is -1.08. The van der Waals surface area contributed by atoms with E-state index in [0.717, 1.165) is 0 Å². The van der Waals surface area contributed by atoms with Gasteiger partial charge in [-0.3, -0.25) is 4.79 Å². The molecular formula is C13H14ClN3O3S. The normalized spacial score (nSPS) is 10.9. The molecule has 2 heterocycles. The molecule has 0 saturated carbocycles. The van der Waals surface area contributed by atoms with Crippen molar-refractivity contribution in [3.05, 3.63) is 39.1 Å². The van der Waals surface area contributed by atoms with E-state index in [-0.39, 0.29) is 24.2 Å². The van der Waals surface area contributed by atoms with Gasteiger partial charge in [0.25, 0.3) is 5.91 Å². The average Bonchev–Trinajstić information content (AvgIpc) is 3.02. The number of carbonyl (C=O) groups excluding carboxylic acids is 1.